The van der Waals surface area contributed by atoms with Crippen molar-refractivity contribution in [3.05, 3.63) is 41.5 Å². The van der Waals surface area contributed by atoms with Gasteiger partial charge in [0.1, 0.15) is 11.6 Å². The number of aromatic nitrogens is 1. The van der Waals surface area contributed by atoms with Gasteiger partial charge in [-0.3, -0.25) is 0 Å². The third-order valence-electron chi connectivity index (χ3n) is 2.38. The van der Waals surface area contributed by atoms with E-state index in [2.05, 4.69) is 4.98 Å². The molecule has 88 valence electrons. The lowest BCUT2D eigenvalue weighted by Crippen LogP contribution is -1.97. The van der Waals surface area contributed by atoms with Crippen molar-refractivity contribution in [1.29, 1.82) is 5.26 Å². The van der Waals surface area contributed by atoms with Crippen LogP contribution in [-0.4, -0.2) is 21.2 Å². The summed E-state index contributed by atoms with van der Waals surface area (Å²) in [6.07, 6.45) is 1.09. The molecule has 1 heterocycles. The number of pyridine rings is 1. The van der Waals surface area contributed by atoms with Crippen molar-refractivity contribution >= 4 is 22.9 Å². The monoisotopic (exact) mass is 240 g/mol. The maximum Gasteiger partial charge on any atom is 0.346 e. The SMILES string of the molecule is N#C/C(=C/c1cc2ccccc2nc1O)C(=O)O. The van der Waals surface area contributed by atoms with Crippen LogP contribution in [0, 0.1) is 11.3 Å². The van der Waals surface area contributed by atoms with E-state index in [9.17, 15) is 9.90 Å². The van der Waals surface area contributed by atoms with Crippen LogP contribution in [-0.2, 0) is 4.79 Å². The van der Waals surface area contributed by atoms with E-state index in [0.717, 1.165) is 11.5 Å². The number of aromatic hydroxyl groups is 1. The summed E-state index contributed by atoms with van der Waals surface area (Å²) in [5.41, 5.74) is 0.344. The molecule has 2 aromatic rings. The quantitative estimate of drug-likeness (QED) is 0.617. The standard InChI is InChI=1S/C13H8N2O3/c14-7-10(13(17)18)6-9-5-8-3-1-2-4-11(8)15-12(9)16/h1-6H,(H,15,16)(H,17,18)/b10-6-. The summed E-state index contributed by atoms with van der Waals surface area (Å²) in [5.74, 6) is -1.65. The average molecular weight is 240 g/mol. The van der Waals surface area contributed by atoms with Gasteiger partial charge in [-0.2, -0.15) is 5.26 Å². The predicted molar refractivity (Wildman–Crippen MR) is 64.6 cm³/mol. The lowest BCUT2D eigenvalue weighted by Gasteiger charge is -2.02. The van der Waals surface area contributed by atoms with E-state index >= 15 is 0 Å². The largest absolute Gasteiger partial charge is 0.493 e. The van der Waals surface area contributed by atoms with Gasteiger partial charge in [0.25, 0.3) is 0 Å². The summed E-state index contributed by atoms with van der Waals surface area (Å²) in [5, 5.41) is 27.8. The van der Waals surface area contributed by atoms with Gasteiger partial charge >= 0.3 is 5.97 Å². The molecule has 2 rings (SSSR count). The molecular weight excluding hydrogens is 232 g/mol. The molecule has 1 aromatic carbocycles. The third-order valence-corrected chi connectivity index (χ3v) is 2.38. The summed E-state index contributed by atoms with van der Waals surface area (Å²) in [7, 11) is 0. The molecule has 0 aliphatic heterocycles. The summed E-state index contributed by atoms with van der Waals surface area (Å²) in [6.45, 7) is 0. The van der Waals surface area contributed by atoms with Crippen molar-refractivity contribution < 1.29 is 15.0 Å². The number of nitrogens with zero attached hydrogens (tertiary/aromatic N) is 2. The number of aliphatic carboxylic acids is 1. The van der Waals surface area contributed by atoms with Gasteiger partial charge in [0.2, 0.25) is 5.88 Å². The fourth-order valence-corrected chi connectivity index (χ4v) is 1.53. The minimum atomic E-state index is -1.34. The molecule has 0 unspecified atom stereocenters. The van der Waals surface area contributed by atoms with Gasteiger partial charge in [-0.25, -0.2) is 9.78 Å². The van der Waals surface area contributed by atoms with Gasteiger partial charge < -0.3 is 10.2 Å². The summed E-state index contributed by atoms with van der Waals surface area (Å²) in [6, 6.07) is 10.2. The highest BCUT2D eigenvalue weighted by atomic mass is 16.4. The minimum Gasteiger partial charge on any atom is -0.493 e. The Labute approximate surface area is 102 Å². The summed E-state index contributed by atoms with van der Waals surface area (Å²) in [4.78, 5) is 14.6. The predicted octanol–water partition coefficient (Wildman–Crippen LogP) is 1.93. The molecule has 0 atom stereocenters. The first-order chi connectivity index (χ1) is 8.61. The Morgan fingerprint density at radius 3 is 2.78 bits per heavy atom. The number of nitriles is 1. The highest BCUT2D eigenvalue weighted by Gasteiger charge is 2.09. The van der Waals surface area contributed by atoms with Crippen molar-refractivity contribution in [2.24, 2.45) is 0 Å². The molecule has 0 spiro atoms. The van der Waals surface area contributed by atoms with Crippen LogP contribution in [0.2, 0.25) is 0 Å². The number of hydrogen-bond donors (Lipinski definition) is 2. The fraction of sp³-hybridized carbons (Fsp3) is 0. The van der Waals surface area contributed by atoms with E-state index in [1.165, 1.54) is 0 Å². The van der Waals surface area contributed by atoms with Crippen LogP contribution in [0.4, 0.5) is 0 Å². The number of benzene rings is 1. The lowest BCUT2D eigenvalue weighted by molar-refractivity contribution is -0.132. The summed E-state index contributed by atoms with van der Waals surface area (Å²) < 4.78 is 0. The van der Waals surface area contributed by atoms with Crippen LogP contribution in [0.5, 0.6) is 5.88 Å². The molecule has 0 saturated carbocycles. The Morgan fingerprint density at radius 2 is 2.11 bits per heavy atom. The maximum absolute atomic E-state index is 10.7. The molecule has 0 bridgehead atoms. The fourth-order valence-electron chi connectivity index (χ4n) is 1.53. The van der Waals surface area contributed by atoms with E-state index < -0.39 is 11.5 Å². The molecule has 0 radical (unpaired) electrons. The zero-order valence-electron chi connectivity index (χ0n) is 9.16. The van der Waals surface area contributed by atoms with Gasteiger partial charge in [0.05, 0.1) is 5.52 Å². The molecule has 18 heavy (non-hydrogen) atoms. The Morgan fingerprint density at radius 1 is 1.39 bits per heavy atom. The van der Waals surface area contributed by atoms with E-state index in [1.54, 1.807) is 36.4 Å². The van der Waals surface area contributed by atoms with Gasteiger partial charge in [0, 0.05) is 10.9 Å². The second-order valence-corrected chi connectivity index (χ2v) is 3.57. The van der Waals surface area contributed by atoms with E-state index in [4.69, 9.17) is 10.4 Å². The smallest absolute Gasteiger partial charge is 0.346 e. The molecular formula is C13H8N2O3. The minimum absolute atomic E-state index is 0.202. The third kappa shape index (κ3) is 2.13. The van der Waals surface area contributed by atoms with Gasteiger partial charge in [-0.05, 0) is 18.2 Å². The molecule has 1 aromatic heterocycles. The number of hydrogen-bond acceptors (Lipinski definition) is 4. The van der Waals surface area contributed by atoms with Crippen molar-refractivity contribution in [2.75, 3.05) is 0 Å². The first-order valence-electron chi connectivity index (χ1n) is 5.05. The van der Waals surface area contributed by atoms with Gasteiger partial charge in [-0.15, -0.1) is 0 Å². The van der Waals surface area contributed by atoms with Crippen molar-refractivity contribution in [3.63, 3.8) is 0 Å². The number of carbonyl (C=O) groups is 1. The van der Waals surface area contributed by atoms with Gasteiger partial charge in [-0.1, -0.05) is 18.2 Å². The summed E-state index contributed by atoms with van der Waals surface area (Å²) >= 11 is 0. The van der Waals surface area contributed by atoms with Crippen LogP contribution in [0.1, 0.15) is 5.56 Å². The average Bonchev–Trinajstić information content (AvgIpc) is 2.35. The van der Waals surface area contributed by atoms with E-state index in [1.807, 2.05) is 0 Å². The molecule has 0 saturated heterocycles. The highest BCUT2D eigenvalue weighted by molar-refractivity contribution is 5.97. The Balaban J connectivity index is 2.62. The number of fused-ring (bicyclic) bond motifs is 1. The first kappa shape index (κ1) is 11.6. The van der Waals surface area contributed by atoms with E-state index in [-0.39, 0.29) is 11.4 Å². The number of rotatable bonds is 2. The number of para-hydroxylation sites is 1. The van der Waals surface area contributed by atoms with Crippen LogP contribution in [0.25, 0.3) is 17.0 Å². The molecule has 5 heteroatoms. The first-order valence-corrected chi connectivity index (χ1v) is 5.05. The van der Waals surface area contributed by atoms with Crippen LogP contribution in [0.15, 0.2) is 35.9 Å². The Bertz CT molecular complexity index is 699. The van der Waals surface area contributed by atoms with E-state index in [0.29, 0.717) is 5.52 Å². The number of carboxylic acids is 1. The molecule has 0 aliphatic carbocycles. The highest BCUT2D eigenvalue weighted by Crippen LogP contribution is 2.23. The zero-order chi connectivity index (χ0) is 13.1. The maximum atomic E-state index is 10.7. The normalized spacial score (nSPS) is 11.2. The second-order valence-electron chi connectivity index (χ2n) is 3.57. The Hall–Kier alpha value is -2.87. The van der Waals surface area contributed by atoms with Crippen molar-refractivity contribution in [3.8, 4) is 11.9 Å². The van der Waals surface area contributed by atoms with Crippen LogP contribution < -0.4 is 0 Å². The topological polar surface area (TPSA) is 94.2 Å². The number of carboxylic acid groups (broad SMARTS) is 1. The Kier molecular flexibility index (Phi) is 2.94. The van der Waals surface area contributed by atoms with Crippen LogP contribution in [0.3, 0.4) is 0 Å². The molecule has 2 N–H and O–H groups in total. The van der Waals surface area contributed by atoms with Crippen molar-refractivity contribution in [2.45, 2.75) is 0 Å². The van der Waals surface area contributed by atoms with Crippen molar-refractivity contribution in [1.82, 2.24) is 4.98 Å². The lowest BCUT2D eigenvalue weighted by atomic mass is 10.1. The second kappa shape index (κ2) is 4.55. The zero-order valence-corrected chi connectivity index (χ0v) is 9.16. The van der Waals surface area contributed by atoms with Gasteiger partial charge in [0.15, 0.2) is 0 Å². The molecule has 0 amide bonds. The molecule has 0 aliphatic rings. The van der Waals surface area contributed by atoms with Crippen LogP contribution >= 0.6 is 0 Å². The molecule has 0 fully saturated rings. The molecule has 5 nitrogen and oxygen atoms in total.